The maximum Gasteiger partial charge on any atom is 0.315 e. The van der Waals surface area contributed by atoms with Gasteiger partial charge in [0.05, 0.1) is 13.7 Å². The fourth-order valence-corrected chi connectivity index (χ4v) is 4.12. The van der Waals surface area contributed by atoms with Crippen LogP contribution in [0.1, 0.15) is 44.6 Å². The van der Waals surface area contributed by atoms with Crippen LogP contribution in [0.3, 0.4) is 0 Å². The number of nitrogens with zero attached hydrogens (tertiary/aromatic N) is 1. The highest BCUT2D eigenvalue weighted by Crippen LogP contribution is 2.47. The number of hydrogen-bond acceptors (Lipinski definition) is 6. The van der Waals surface area contributed by atoms with E-state index in [4.69, 9.17) is 21.1 Å². The fourth-order valence-electron chi connectivity index (χ4n) is 3.84. The molecule has 0 radical (unpaired) electrons. The predicted octanol–water partition coefficient (Wildman–Crippen LogP) is 3.80. The Kier molecular flexibility index (Phi) is 5.56. The molecule has 0 amide bonds. The average molecular weight is 392 g/mol. The number of benzene rings is 1. The fraction of sp³-hybridized carbons (Fsp3) is 0.450. The van der Waals surface area contributed by atoms with Gasteiger partial charge in [0.2, 0.25) is 0 Å². The highest BCUT2D eigenvalue weighted by molar-refractivity contribution is 6.32. The highest BCUT2D eigenvalue weighted by Gasteiger charge is 2.44. The Balaban J connectivity index is 2.23. The molecule has 1 N–H and O–H groups in total. The van der Waals surface area contributed by atoms with Crippen molar-refractivity contribution in [3.8, 4) is 11.5 Å². The third-order valence-electron chi connectivity index (χ3n) is 5.01. The number of rotatable bonds is 4. The summed E-state index contributed by atoms with van der Waals surface area (Å²) in [4.78, 5) is 30.1. The van der Waals surface area contributed by atoms with Crippen LogP contribution in [-0.4, -0.2) is 36.3 Å². The summed E-state index contributed by atoms with van der Waals surface area (Å²) in [6.45, 7) is 3.72. The molecule has 1 unspecified atom stereocenters. The second-order valence-corrected chi connectivity index (χ2v) is 7.05. The number of methoxy groups -OCH3 is 1. The van der Waals surface area contributed by atoms with E-state index < -0.39 is 17.8 Å². The minimum Gasteiger partial charge on any atom is -0.504 e. The van der Waals surface area contributed by atoms with Crippen molar-refractivity contribution < 1.29 is 24.2 Å². The van der Waals surface area contributed by atoms with E-state index in [1.807, 2.05) is 0 Å². The summed E-state index contributed by atoms with van der Waals surface area (Å²) in [5.41, 5.74) is 2.35. The van der Waals surface area contributed by atoms with Gasteiger partial charge in [-0.2, -0.15) is 0 Å². The van der Waals surface area contributed by atoms with E-state index in [1.165, 1.54) is 13.2 Å². The minimum absolute atomic E-state index is 0.0325. The van der Waals surface area contributed by atoms with Crippen LogP contribution in [0.5, 0.6) is 11.5 Å². The lowest BCUT2D eigenvalue weighted by Gasteiger charge is -2.35. The smallest absolute Gasteiger partial charge is 0.315 e. The zero-order valence-corrected chi connectivity index (χ0v) is 16.3. The largest absolute Gasteiger partial charge is 0.504 e. The zero-order chi connectivity index (χ0) is 19.7. The van der Waals surface area contributed by atoms with Gasteiger partial charge in [-0.25, -0.2) is 0 Å². The van der Waals surface area contributed by atoms with Crippen molar-refractivity contribution in [1.29, 1.82) is 0 Å². The van der Waals surface area contributed by atoms with Gasteiger partial charge in [0.25, 0.3) is 0 Å². The number of phenols is 1. The number of aromatic hydroxyl groups is 1. The summed E-state index contributed by atoms with van der Waals surface area (Å²) in [6.07, 6.45) is 1.82. The first-order chi connectivity index (χ1) is 12.9. The molecular formula is C20H22ClNO5. The van der Waals surface area contributed by atoms with Crippen molar-refractivity contribution >= 4 is 29.1 Å². The van der Waals surface area contributed by atoms with E-state index in [0.717, 1.165) is 6.42 Å². The maximum absolute atomic E-state index is 12.8. The molecular weight excluding hydrogens is 370 g/mol. The molecule has 0 bridgehead atoms. The van der Waals surface area contributed by atoms with Gasteiger partial charge in [-0.05, 0) is 38.3 Å². The van der Waals surface area contributed by atoms with Gasteiger partial charge >= 0.3 is 5.97 Å². The quantitative estimate of drug-likeness (QED) is 0.789. The van der Waals surface area contributed by atoms with Crippen LogP contribution >= 0.6 is 11.6 Å². The van der Waals surface area contributed by atoms with Gasteiger partial charge in [-0.3, -0.25) is 14.6 Å². The number of ether oxygens (including phenoxy) is 2. The lowest BCUT2D eigenvalue weighted by atomic mass is 9.71. The summed E-state index contributed by atoms with van der Waals surface area (Å²) in [5, 5.41) is 10.3. The first-order valence-electron chi connectivity index (χ1n) is 8.93. The number of esters is 1. The van der Waals surface area contributed by atoms with Gasteiger partial charge in [0, 0.05) is 40.4 Å². The van der Waals surface area contributed by atoms with Crippen molar-refractivity contribution in [1.82, 2.24) is 0 Å². The van der Waals surface area contributed by atoms with Crippen molar-refractivity contribution in [2.45, 2.75) is 39.0 Å². The summed E-state index contributed by atoms with van der Waals surface area (Å²) in [5.74, 6) is -1.73. The molecule has 2 aliphatic rings. The molecule has 0 saturated carbocycles. The Bertz CT molecular complexity index is 858. The second-order valence-electron chi connectivity index (χ2n) is 6.64. The van der Waals surface area contributed by atoms with Crippen molar-refractivity contribution in [3.63, 3.8) is 0 Å². The number of carbonyl (C=O) groups is 2. The van der Waals surface area contributed by atoms with E-state index in [2.05, 4.69) is 4.99 Å². The topological polar surface area (TPSA) is 85.2 Å². The molecule has 3 rings (SSSR count). The van der Waals surface area contributed by atoms with Gasteiger partial charge in [0.1, 0.15) is 5.92 Å². The molecule has 0 spiro atoms. The number of halogens is 1. The summed E-state index contributed by atoms with van der Waals surface area (Å²) in [6, 6.07) is 2.95. The number of aliphatic imine (C=N–C) groups is 1. The first-order valence-corrected chi connectivity index (χ1v) is 9.31. The van der Waals surface area contributed by atoms with E-state index in [-0.39, 0.29) is 28.9 Å². The van der Waals surface area contributed by atoms with Gasteiger partial charge in [0.15, 0.2) is 17.3 Å². The summed E-state index contributed by atoms with van der Waals surface area (Å²) in [7, 11) is 1.43. The van der Waals surface area contributed by atoms with Gasteiger partial charge in [-0.15, -0.1) is 0 Å². The van der Waals surface area contributed by atoms with E-state index in [0.29, 0.717) is 35.4 Å². The monoisotopic (exact) mass is 391 g/mol. The number of ketones is 1. The maximum atomic E-state index is 12.8. The third-order valence-corrected chi connectivity index (χ3v) is 5.34. The Labute approximate surface area is 162 Å². The van der Waals surface area contributed by atoms with Crippen LogP contribution in [0.4, 0.5) is 0 Å². The lowest BCUT2D eigenvalue weighted by molar-refractivity contribution is -0.146. The number of phenolic OH excluding ortho intramolecular Hbond substituents is 1. The third kappa shape index (κ3) is 3.46. The first kappa shape index (κ1) is 19.4. The summed E-state index contributed by atoms with van der Waals surface area (Å²) >= 11 is 6.42. The van der Waals surface area contributed by atoms with Gasteiger partial charge in [-0.1, -0.05) is 11.6 Å². The molecule has 27 heavy (non-hydrogen) atoms. The highest BCUT2D eigenvalue weighted by atomic mass is 35.5. The molecule has 6 nitrogen and oxygen atoms in total. The Morgan fingerprint density at radius 2 is 2.11 bits per heavy atom. The minimum atomic E-state index is -0.752. The zero-order valence-electron chi connectivity index (χ0n) is 15.5. The Morgan fingerprint density at radius 3 is 2.78 bits per heavy atom. The van der Waals surface area contributed by atoms with Crippen molar-refractivity contribution in [2.24, 2.45) is 10.9 Å². The SMILES string of the molecule is CCOC(=O)C1C(C)=NC2=C(C(=O)CCC2)[C@@H]1c1cc(OC)c(O)cc1Cl. The predicted molar refractivity (Wildman–Crippen MR) is 102 cm³/mol. The lowest BCUT2D eigenvalue weighted by Crippen LogP contribution is -2.37. The van der Waals surface area contributed by atoms with Crippen molar-refractivity contribution in [2.75, 3.05) is 13.7 Å². The van der Waals surface area contributed by atoms with E-state index in [1.54, 1.807) is 19.9 Å². The standard InChI is InChI=1S/C20H22ClNO5/c1-4-27-20(25)17-10(2)22-13-6-5-7-14(23)19(13)18(17)11-8-16(26-3)15(24)9-12(11)21/h8-9,17-18,24H,4-7H2,1-3H3/t17?,18-/m1/s1. The van der Waals surface area contributed by atoms with Crippen LogP contribution in [-0.2, 0) is 14.3 Å². The molecule has 1 aromatic carbocycles. The second kappa shape index (κ2) is 7.72. The molecule has 144 valence electrons. The van der Waals surface area contributed by atoms with Crippen LogP contribution in [0.15, 0.2) is 28.4 Å². The van der Waals surface area contributed by atoms with Crippen LogP contribution in [0.25, 0.3) is 0 Å². The number of allylic oxidation sites excluding steroid dienone is 2. The Morgan fingerprint density at radius 1 is 1.37 bits per heavy atom. The molecule has 0 saturated heterocycles. The number of hydrogen-bond donors (Lipinski definition) is 1. The Hall–Kier alpha value is -2.34. The molecule has 7 heteroatoms. The van der Waals surface area contributed by atoms with Gasteiger partial charge < -0.3 is 14.6 Å². The summed E-state index contributed by atoms with van der Waals surface area (Å²) < 4.78 is 10.5. The molecule has 0 aromatic heterocycles. The molecule has 1 aliphatic heterocycles. The molecule has 1 aromatic rings. The molecule has 0 fully saturated rings. The van der Waals surface area contributed by atoms with Crippen LogP contribution < -0.4 is 4.74 Å². The molecule has 1 aliphatic carbocycles. The molecule has 2 atom stereocenters. The number of Topliss-reactive ketones (excluding diaryl/α,β-unsaturated/α-hetero) is 1. The molecule has 1 heterocycles. The normalized spacial score (nSPS) is 22.2. The van der Waals surface area contributed by atoms with Crippen LogP contribution in [0, 0.1) is 5.92 Å². The average Bonchev–Trinajstić information content (AvgIpc) is 2.61. The van der Waals surface area contributed by atoms with Crippen LogP contribution in [0.2, 0.25) is 5.02 Å². The number of carbonyl (C=O) groups excluding carboxylic acids is 2. The van der Waals surface area contributed by atoms with Crippen molar-refractivity contribution in [3.05, 3.63) is 34.0 Å². The van der Waals surface area contributed by atoms with E-state index in [9.17, 15) is 14.7 Å². The van der Waals surface area contributed by atoms with E-state index >= 15 is 0 Å².